The Hall–Kier alpha value is -0.480. The van der Waals surface area contributed by atoms with Crippen LogP contribution in [0.2, 0.25) is 10.0 Å². The first-order valence-corrected chi connectivity index (χ1v) is 7.62. The van der Waals surface area contributed by atoms with Gasteiger partial charge in [-0.1, -0.05) is 23.2 Å². The average Bonchev–Trinajstić information content (AvgIpc) is 2.68. The lowest BCUT2D eigenvalue weighted by Crippen LogP contribution is -2.29. The maximum atomic E-state index is 6.12. The minimum atomic E-state index is -0.305. The summed E-state index contributed by atoms with van der Waals surface area (Å²) in [6.07, 6.45) is 0.686. The minimum Gasteiger partial charge on any atom is -0.377 e. The van der Waals surface area contributed by atoms with Gasteiger partial charge in [0, 0.05) is 19.4 Å². The first-order chi connectivity index (χ1) is 9.38. The third kappa shape index (κ3) is 3.22. The number of hydrogen-bond donors (Lipinski definition) is 0. The third-order valence-electron chi connectivity index (χ3n) is 3.28. The van der Waals surface area contributed by atoms with Crippen molar-refractivity contribution in [1.82, 2.24) is 9.55 Å². The van der Waals surface area contributed by atoms with Gasteiger partial charge in [-0.15, -0.1) is 11.6 Å². The largest absolute Gasteiger partial charge is 0.377 e. The zero-order valence-corrected chi connectivity index (χ0v) is 14.0. The van der Waals surface area contributed by atoms with E-state index in [1.54, 1.807) is 13.2 Å². The molecule has 1 aromatic heterocycles. The van der Waals surface area contributed by atoms with E-state index in [9.17, 15) is 0 Å². The molecule has 0 saturated heterocycles. The number of alkyl halides is 1. The summed E-state index contributed by atoms with van der Waals surface area (Å²) in [6.45, 7) is 4.73. The maximum absolute atomic E-state index is 6.12. The van der Waals surface area contributed by atoms with Crippen LogP contribution >= 0.6 is 34.8 Å². The summed E-state index contributed by atoms with van der Waals surface area (Å²) in [5.41, 5.74) is 1.47. The van der Waals surface area contributed by atoms with Gasteiger partial charge in [0.05, 0.1) is 33.2 Å². The minimum absolute atomic E-state index is 0.305. The molecule has 0 aliphatic rings. The highest BCUT2D eigenvalue weighted by atomic mass is 35.5. The molecule has 0 amide bonds. The first kappa shape index (κ1) is 15.9. The second-order valence-electron chi connectivity index (χ2n) is 5.27. The van der Waals surface area contributed by atoms with E-state index in [0.29, 0.717) is 28.9 Å². The van der Waals surface area contributed by atoms with E-state index in [2.05, 4.69) is 9.55 Å². The molecule has 1 heterocycles. The number of fused-ring (bicyclic) bond motifs is 1. The van der Waals surface area contributed by atoms with Gasteiger partial charge in [-0.2, -0.15) is 0 Å². The van der Waals surface area contributed by atoms with Gasteiger partial charge in [-0.25, -0.2) is 4.98 Å². The topological polar surface area (TPSA) is 27.1 Å². The van der Waals surface area contributed by atoms with Crippen molar-refractivity contribution in [3.05, 3.63) is 28.0 Å². The van der Waals surface area contributed by atoms with Crippen LogP contribution in [-0.2, 0) is 17.7 Å². The molecule has 0 aliphatic carbocycles. The van der Waals surface area contributed by atoms with Crippen molar-refractivity contribution in [1.29, 1.82) is 0 Å². The van der Waals surface area contributed by atoms with Gasteiger partial charge in [0.1, 0.15) is 5.82 Å². The van der Waals surface area contributed by atoms with Crippen LogP contribution in [0.15, 0.2) is 12.1 Å². The predicted molar refractivity (Wildman–Crippen MR) is 85.3 cm³/mol. The van der Waals surface area contributed by atoms with E-state index in [4.69, 9.17) is 39.5 Å². The van der Waals surface area contributed by atoms with Gasteiger partial charge in [0.25, 0.3) is 0 Å². The van der Waals surface area contributed by atoms with Gasteiger partial charge < -0.3 is 9.30 Å². The molecule has 1 aromatic carbocycles. The molecule has 0 spiro atoms. The van der Waals surface area contributed by atoms with Crippen molar-refractivity contribution in [2.24, 2.45) is 0 Å². The van der Waals surface area contributed by atoms with Crippen LogP contribution in [-0.4, -0.2) is 28.1 Å². The highest BCUT2D eigenvalue weighted by molar-refractivity contribution is 6.42. The number of halogens is 3. The molecular formula is C14H17Cl3N2O. The maximum Gasteiger partial charge on any atom is 0.111 e. The van der Waals surface area contributed by atoms with Gasteiger partial charge in [-0.3, -0.25) is 0 Å². The fourth-order valence-corrected chi connectivity index (χ4v) is 2.55. The summed E-state index contributed by atoms with van der Waals surface area (Å²) in [7, 11) is 1.70. The fourth-order valence-electron chi connectivity index (χ4n) is 2.07. The number of aryl methyl sites for hydroxylation is 1. The Morgan fingerprint density at radius 1 is 1.25 bits per heavy atom. The summed E-state index contributed by atoms with van der Waals surface area (Å²) in [6, 6.07) is 3.63. The average molecular weight is 336 g/mol. The lowest BCUT2D eigenvalue weighted by atomic mass is 10.1. The fraction of sp³-hybridized carbons (Fsp3) is 0.500. The van der Waals surface area contributed by atoms with E-state index in [1.807, 2.05) is 19.9 Å². The number of hydrogen-bond acceptors (Lipinski definition) is 2. The standard InChI is InChI=1S/C14H17Cl3N2O/c1-14(2,20-3)8-19-12-7-10(17)9(16)6-11(12)18-13(19)4-5-15/h6-7H,4-5,8H2,1-3H3. The van der Waals surface area contributed by atoms with E-state index >= 15 is 0 Å². The lowest BCUT2D eigenvalue weighted by molar-refractivity contribution is 0.00846. The van der Waals surface area contributed by atoms with Crippen molar-refractivity contribution in [2.75, 3.05) is 13.0 Å². The summed E-state index contributed by atoms with van der Waals surface area (Å²) in [5, 5.41) is 1.03. The Labute approximate surface area is 133 Å². The molecule has 0 fully saturated rings. The van der Waals surface area contributed by atoms with Crippen molar-refractivity contribution >= 4 is 45.8 Å². The molecule has 0 radical (unpaired) electrons. The molecule has 0 saturated carbocycles. The molecule has 3 nitrogen and oxygen atoms in total. The first-order valence-electron chi connectivity index (χ1n) is 6.33. The van der Waals surface area contributed by atoms with Gasteiger partial charge >= 0.3 is 0 Å². The summed E-state index contributed by atoms with van der Waals surface area (Å²) < 4.78 is 7.61. The monoisotopic (exact) mass is 334 g/mol. The Balaban J connectivity index is 2.58. The Morgan fingerprint density at radius 2 is 1.90 bits per heavy atom. The predicted octanol–water partition coefficient (Wildman–Crippen LogP) is 4.55. The van der Waals surface area contributed by atoms with Crippen molar-refractivity contribution in [3.8, 4) is 0 Å². The molecule has 0 bridgehead atoms. The number of methoxy groups -OCH3 is 1. The quantitative estimate of drug-likeness (QED) is 0.750. The molecule has 2 aromatic rings. The zero-order valence-electron chi connectivity index (χ0n) is 11.7. The smallest absolute Gasteiger partial charge is 0.111 e. The molecular weight excluding hydrogens is 319 g/mol. The molecule has 2 rings (SSSR count). The van der Waals surface area contributed by atoms with Crippen LogP contribution in [0.3, 0.4) is 0 Å². The SMILES string of the molecule is COC(C)(C)Cn1c(CCCl)nc2cc(Cl)c(Cl)cc21. The number of nitrogens with zero attached hydrogens (tertiary/aromatic N) is 2. The van der Waals surface area contributed by atoms with E-state index in [1.165, 1.54) is 0 Å². The number of ether oxygens (including phenoxy) is 1. The van der Waals surface area contributed by atoms with Gasteiger partial charge in [0.2, 0.25) is 0 Å². The van der Waals surface area contributed by atoms with Crippen LogP contribution in [0.5, 0.6) is 0 Å². The normalized spacial score (nSPS) is 12.3. The van der Waals surface area contributed by atoms with Crippen LogP contribution in [0.25, 0.3) is 11.0 Å². The van der Waals surface area contributed by atoms with E-state index in [-0.39, 0.29) is 5.60 Å². The van der Waals surface area contributed by atoms with Crippen molar-refractivity contribution < 1.29 is 4.74 Å². The summed E-state index contributed by atoms with van der Waals surface area (Å²) in [5.74, 6) is 1.43. The third-order valence-corrected chi connectivity index (χ3v) is 4.19. The molecule has 110 valence electrons. The van der Waals surface area contributed by atoms with Crippen LogP contribution in [0.1, 0.15) is 19.7 Å². The summed E-state index contributed by atoms with van der Waals surface area (Å²) >= 11 is 18.0. The zero-order chi connectivity index (χ0) is 14.9. The van der Waals surface area contributed by atoms with Crippen molar-refractivity contribution in [2.45, 2.75) is 32.4 Å². The van der Waals surface area contributed by atoms with Gasteiger partial charge in [-0.05, 0) is 26.0 Å². The molecule has 6 heteroatoms. The van der Waals surface area contributed by atoms with E-state index < -0.39 is 0 Å². The van der Waals surface area contributed by atoms with Gasteiger partial charge in [0.15, 0.2) is 0 Å². The summed E-state index contributed by atoms with van der Waals surface area (Å²) in [4.78, 5) is 4.60. The molecule has 0 N–H and O–H groups in total. The number of aromatic nitrogens is 2. The number of benzene rings is 1. The van der Waals surface area contributed by atoms with Crippen LogP contribution in [0.4, 0.5) is 0 Å². The van der Waals surface area contributed by atoms with Crippen LogP contribution in [0, 0.1) is 0 Å². The molecule has 20 heavy (non-hydrogen) atoms. The highest BCUT2D eigenvalue weighted by Gasteiger charge is 2.21. The Kier molecular flexibility index (Phi) is 4.85. The Morgan fingerprint density at radius 3 is 2.50 bits per heavy atom. The van der Waals surface area contributed by atoms with Crippen molar-refractivity contribution in [3.63, 3.8) is 0 Å². The number of imidazole rings is 1. The molecule has 0 aliphatic heterocycles. The second-order valence-corrected chi connectivity index (χ2v) is 6.46. The highest BCUT2D eigenvalue weighted by Crippen LogP contribution is 2.29. The molecule has 0 unspecified atom stereocenters. The van der Waals surface area contributed by atoms with E-state index in [0.717, 1.165) is 16.9 Å². The lowest BCUT2D eigenvalue weighted by Gasteiger charge is -2.25. The Bertz CT molecular complexity index is 622. The van der Waals surface area contributed by atoms with Crippen LogP contribution < -0.4 is 0 Å². The second kappa shape index (κ2) is 6.10. The molecule has 0 atom stereocenters. The number of rotatable bonds is 5.